The molecule has 0 radical (unpaired) electrons. The SMILES string of the molecule is Cc1nc2ccccc2n1CC1CCN(C(=O)c2ccc(F)cc2)CC1. The number of para-hydroxylation sites is 2. The van der Waals surface area contributed by atoms with Crippen LogP contribution in [0.3, 0.4) is 0 Å². The number of hydrogen-bond acceptors (Lipinski definition) is 2. The molecule has 26 heavy (non-hydrogen) atoms. The molecule has 3 aromatic rings. The number of imidazole rings is 1. The van der Waals surface area contributed by atoms with Crippen LogP contribution in [0.2, 0.25) is 0 Å². The Morgan fingerprint density at radius 2 is 1.81 bits per heavy atom. The molecule has 0 N–H and O–H groups in total. The minimum atomic E-state index is -0.316. The number of hydrogen-bond donors (Lipinski definition) is 0. The number of piperidine rings is 1. The van der Waals surface area contributed by atoms with Crippen molar-refractivity contribution in [1.29, 1.82) is 0 Å². The second-order valence-electron chi connectivity index (χ2n) is 7.00. The average Bonchev–Trinajstić information content (AvgIpc) is 2.98. The van der Waals surface area contributed by atoms with E-state index in [2.05, 4.69) is 15.6 Å². The van der Waals surface area contributed by atoms with E-state index in [4.69, 9.17) is 0 Å². The van der Waals surface area contributed by atoms with Gasteiger partial charge in [-0.25, -0.2) is 9.37 Å². The second-order valence-corrected chi connectivity index (χ2v) is 7.00. The number of likely N-dealkylation sites (tertiary alicyclic amines) is 1. The molecule has 1 fully saturated rings. The van der Waals surface area contributed by atoms with Gasteiger partial charge in [0.15, 0.2) is 0 Å². The van der Waals surface area contributed by atoms with Crippen molar-refractivity contribution in [3.8, 4) is 0 Å². The summed E-state index contributed by atoms with van der Waals surface area (Å²) in [4.78, 5) is 19.1. The maximum absolute atomic E-state index is 13.0. The number of carbonyl (C=O) groups excluding carboxylic acids is 1. The van der Waals surface area contributed by atoms with Crippen LogP contribution in [0.15, 0.2) is 48.5 Å². The van der Waals surface area contributed by atoms with Crippen LogP contribution in [-0.2, 0) is 6.54 Å². The topological polar surface area (TPSA) is 38.1 Å². The third-order valence-electron chi connectivity index (χ3n) is 5.28. The second kappa shape index (κ2) is 6.90. The lowest BCUT2D eigenvalue weighted by atomic mass is 9.96. The average molecular weight is 351 g/mol. The zero-order valence-electron chi connectivity index (χ0n) is 14.9. The summed E-state index contributed by atoms with van der Waals surface area (Å²) in [6.45, 7) is 4.47. The highest BCUT2D eigenvalue weighted by Gasteiger charge is 2.24. The fraction of sp³-hybridized carbons (Fsp3) is 0.333. The highest BCUT2D eigenvalue weighted by Crippen LogP contribution is 2.24. The number of benzene rings is 2. The van der Waals surface area contributed by atoms with E-state index in [1.807, 2.05) is 30.0 Å². The fourth-order valence-corrected chi connectivity index (χ4v) is 3.78. The van der Waals surface area contributed by atoms with E-state index in [1.165, 1.54) is 17.6 Å². The molecule has 4 rings (SSSR count). The van der Waals surface area contributed by atoms with Crippen LogP contribution in [0.5, 0.6) is 0 Å². The molecule has 0 atom stereocenters. The standard InChI is InChI=1S/C21H22FN3O/c1-15-23-19-4-2-3-5-20(19)25(15)14-16-10-12-24(13-11-16)21(26)17-6-8-18(22)9-7-17/h2-9,16H,10-14H2,1H3. The Hall–Kier alpha value is -2.69. The van der Waals surface area contributed by atoms with Crippen LogP contribution in [0, 0.1) is 18.7 Å². The Morgan fingerprint density at radius 1 is 1.12 bits per heavy atom. The summed E-state index contributed by atoms with van der Waals surface area (Å²) in [5.74, 6) is 1.25. The number of carbonyl (C=O) groups is 1. The molecule has 4 nitrogen and oxygen atoms in total. The van der Waals surface area contributed by atoms with Gasteiger partial charge in [-0.05, 0) is 62.1 Å². The molecule has 1 aromatic heterocycles. The Labute approximate surface area is 152 Å². The van der Waals surface area contributed by atoms with Crippen molar-refractivity contribution in [2.24, 2.45) is 5.92 Å². The first-order valence-electron chi connectivity index (χ1n) is 9.08. The summed E-state index contributed by atoms with van der Waals surface area (Å²) in [7, 11) is 0. The predicted octanol–water partition coefficient (Wildman–Crippen LogP) is 4.04. The van der Waals surface area contributed by atoms with E-state index in [0.717, 1.165) is 43.8 Å². The van der Waals surface area contributed by atoms with Crippen molar-refractivity contribution in [3.63, 3.8) is 0 Å². The molecular weight excluding hydrogens is 329 g/mol. The number of halogens is 1. The molecule has 1 saturated heterocycles. The van der Waals surface area contributed by atoms with Gasteiger partial charge in [0.05, 0.1) is 11.0 Å². The van der Waals surface area contributed by atoms with Gasteiger partial charge in [0.25, 0.3) is 5.91 Å². The fourth-order valence-electron chi connectivity index (χ4n) is 3.78. The molecule has 2 aromatic carbocycles. The van der Waals surface area contributed by atoms with Crippen molar-refractivity contribution in [3.05, 3.63) is 65.7 Å². The zero-order chi connectivity index (χ0) is 18.1. The molecule has 134 valence electrons. The lowest BCUT2D eigenvalue weighted by molar-refractivity contribution is 0.0683. The van der Waals surface area contributed by atoms with Crippen molar-refractivity contribution < 1.29 is 9.18 Å². The van der Waals surface area contributed by atoms with Gasteiger partial charge < -0.3 is 9.47 Å². The maximum atomic E-state index is 13.0. The molecule has 1 amide bonds. The Morgan fingerprint density at radius 3 is 2.54 bits per heavy atom. The number of aryl methyl sites for hydroxylation is 1. The smallest absolute Gasteiger partial charge is 0.253 e. The molecular formula is C21H22FN3O. The third kappa shape index (κ3) is 3.21. The first-order chi connectivity index (χ1) is 12.6. The van der Waals surface area contributed by atoms with Crippen LogP contribution in [-0.4, -0.2) is 33.4 Å². The van der Waals surface area contributed by atoms with Crippen molar-refractivity contribution in [2.75, 3.05) is 13.1 Å². The number of rotatable bonds is 3. The van der Waals surface area contributed by atoms with Gasteiger partial charge in [0.2, 0.25) is 0 Å². The van der Waals surface area contributed by atoms with Crippen LogP contribution >= 0.6 is 0 Å². The molecule has 5 heteroatoms. The minimum Gasteiger partial charge on any atom is -0.339 e. The Balaban J connectivity index is 1.41. The number of amides is 1. The van der Waals surface area contributed by atoms with Gasteiger partial charge in [-0.2, -0.15) is 0 Å². The van der Waals surface area contributed by atoms with E-state index < -0.39 is 0 Å². The van der Waals surface area contributed by atoms with E-state index in [-0.39, 0.29) is 11.7 Å². The van der Waals surface area contributed by atoms with Crippen molar-refractivity contribution in [1.82, 2.24) is 14.5 Å². The van der Waals surface area contributed by atoms with Gasteiger partial charge in [0, 0.05) is 25.2 Å². The van der Waals surface area contributed by atoms with E-state index >= 15 is 0 Å². The van der Waals surface area contributed by atoms with E-state index in [9.17, 15) is 9.18 Å². The number of aromatic nitrogens is 2. The van der Waals surface area contributed by atoms with Crippen LogP contribution < -0.4 is 0 Å². The van der Waals surface area contributed by atoms with E-state index in [0.29, 0.717) is 11.5 Å². The lowest BCUT2D eigenvalue weighted by Crippen LogP contribution is -2.39. The molecule has 0 aliphatic carbocycles. The van der Waals surface area contributed by atoms with Gasteiger partial charge >= 0.3 is 0 Å². The largest absolute Gasteiger partial charge is 0.339 e. The summed E-state index contributed by atoms with van der Waals surface area (Å²) in [6.07, 6.45) is 1.94. The first kappa shape index (κ1) is 16.8. The molecule has 1 aliphatic rings. The highest BCUT2D eigenvalue weighted by molar-refractivity contribution is 5.94. The van der Waals surface area contributed by atoms with Gasteiger partial charge in [0.1, 0.15) is 11.6 Å². The van der Waals surface area contributed by atoms with Gasteiger partial charge in [-0.3, -0.25) is 4.79 Å². The molecule has 0 bridgehead atoms. The summed E-state index contributed by atoms with van der Waals surface area (Å²) in [5.41, 5.74) is 2.77. The summed E-state index contributed by atoms with van der Waals surface area (Å²) in [5, 5.41) is 0. The zero-order valence-corrected chi connectivity index (χ0v) is 14.9. The van der Waals surface area contributed by atoms with Crippen molar-refractivity contribution >= 4 is 16.9 Å². The maximum Gasteiger partial charge on any atom is 0.253 e. The highest BCUT2D eigenvalue weighted by atomic mass is 19.1. The third-order valence-corrected chi connectivity index (χ3v) is 5.28. The van der Waals surface area contributed by atoms with Crippen LogP contribution in [0.4, 0.5) is 4.39 Å². The van der Waals surface area contributed by atoms with Crippen molar-refractivity contribution in [2.45, 2.75) is 26.3 Å². The van der Waals surface area contributed by atoms with Crippen LogP contribution in [0.1, 0.15) is 29.0 Å². The molecule has 0 unspecified atom stereocenters. The Kier molecular flexibility index (Phi) is 4.45. The lowest BCUT2D eigenvalue weighted by Gasteiger charge is -2.32. The van der Waals surface area contributed by atoms with Gasteiger partial charge in [-0.15, -0.1) is 0 Å². The molecule has 0 saturated carbocycles. The molecule has 1 aliphatic heterocycles. The molecule has 0 spiro atoms. The quantitative estimate of drug-likeness (QED) is 0.714. The predicted molar refractivity (Wildman–Crippen MR) is 99.5 cm³/mol. The number of fused-ring (bicyclic) bond motifs is 1. The number of nitrogens with zero attached hydrogens (tertiary/aromatic N) is 3. The Bertz CT molecular complexity index is 924. The summed E-state index contributed by atoms with van der Waals surface area (Å²) >= 11 is 0. The monoisotopic (exact) mass is 351 g/mol. The molecule has 2 heterocycles. The van der Waals surface area contributed by atoms with Gasteiger partial charge in [-0.1, -0.05) is 12.1 Å². The normalized spacial score (nSPS) is 15.5. The summed E-state index contributed by atoms with van der Waals surface area (Å²) < 4.78 is 15.3. The summed E-state index contributed by atoms with van der Waals surface area (Å²) in [6, 6.07) is 14.0. The van der Waals surface area contributed by atoms with E-state index in [1.54, 1.807) is 12.1 Å². The van der Waals surface area contributed by atoms with Crippen LogP contribution in [0.25, 0.3) is 11.0 Å². The minimum absolute atomic E-state index is 0.00675. The first-order valence-corrected chi connectivity index (χ1v) is 9.08.